The van der Waals surface area contributed by atoms with Gasteiger partial charge in [-0.2, -0.15) is 0 Å². The number of nitrogens with one attached hydrogen (secondary N) is 2. The van der Waals surface area contributed by atoms with Gasteiger partial charge in [0.1, 0.15) is 5.82 Å². The van der Waals surface area contributed by atoms with E-state index in [1.165, 1.54) is 12.1 Å². The molecule has 1 aromatic heterocycles. The number of rotatable bonds is 5. The fourth-order valence-electron chi connectivity index (χ4n) is 2.33. The lowest BCUT2D eigenvalue weighted by atomic mass is 10.1. The van der Waals surface area contributed by atoms with Crippen LogP contribution in [0.3, 0.4) is 0 Å². The summed E-state index contributed by atoms with van der Waals surface area (Å²) in [5.41, 5.74) is 2.81. The maximum Gasteiger partial charge on any atom is 0.253 e. The van der Waals surface area contributed by atoms with E-state index in [0.717, 1.165) is 16.8 Å². The minimum atomic E-state index is -0.306. The number of aryl methyl sites for hydroxylation is 3. The van der Waals surface area contributed by atoms with Gasteiger partial charge in [-0.25, -0.2) is 4.39 Å². The summed E-state index contributed by atoms with van der Waals surface area (Å²) in [5, 5.41) is 2.73. The monoisotopic (exact) mass is 302 g/mol. The molecule has 0 aliphatic rings. The molecule has 0 spiro atoms. The summed E-state index contributed by atoms with van der Waals surface area (Å²) in [4.78, 5) is 26.4. The predicted octanol–water partition coefficient (Wildman–Crippen LogP) is 2.38. The molecule has 22 heavy (non-hydrogen) atoms. The van der Waals surface area contributed by atoms with E-state index in [2.05, 4.69) is 10.3 Å². The van der Waals surface area contributed by atoms with Crippen LogP contribution in [0.2, 0.25) is 0 Å². The normalized spacial score (nSPS) is 10.5. The van der Waals surface area contributed by atoms with Crippen LogP contribution in [0.5, 0.6) is 0 Å². The van der Waals surface area contributed by atoms with Crippen molar-refractivity contribution in [3.8, 4) is 0 Å². The van der Waals surface area contributed by atoms with E-state index in [-0.39, 0.29) is 30.2 Å². The van der Waals surface area contributed by atoms with Crippen molar-refractivity contribution in [1.82, 2.24) is 10.3 Å². The Morgan fingerprint density at radius 2 is 2.05 bits per heavy atom. The number of H-pyrrole nitrogens is 1. The second-order valence-corrected chi connectivity index (χ2v) is 5.35. The average Bonchev–Trinajstić information content (AvgIpc) is 2.44. The van der Waals surface area contributed by atoms with Crippen LogP contribution >= 0.6 is 0 Å². The highest BCUT2D eigenvalue weighted by Gasteiger charge is 2.08. The summed E-state index contributed by atoms with van der Waals surface area (Å²) < 4.78 is 13.0. The van der Waals surface area contributed by atoms with Gasteiger partial charge in [-0.05, 0) is 49.6 Å². The van der Waals surface area contributed by atoms with Crippen LogP contribution in [-0.4, -0.2) is 10.9 Å². The van der Waals surface area contributed by atoms with Crippen LogP contribution in [0, 0.1) is 19.7 Å². The van der Waals surface area contributed by atoms with E-state index in [1.54, 1.807) is 12.1 Å². The Balaban J connectivity index is 1.90. The van der Waals surface area contributed by atoms with Crippen LogP contribution in [-0.2, 0) is 17.8 Å². The van der Waals surface area contributed by atoms with Crippen molar-refractivity contribution >= 4 is 5.91 Å². The minimum Gasteiger partial charge on any atom is -0.352 e. The van der Waals surface area contributed by atoms with Gasteiger partial charge in [0, 0.05) is 24.2 Å². The molecule has 0 aliphatic carbocycles. The lowest BCUT2D eigenvalue weighted by Crippen LogP contribution is -2.28. The SMILES string of the molecule is Cc1cc(C)c(CNC(=O)CCc2cccc(F)c2)c(=O)[nH]1. The standard InChI is InChI=1S/C17H19FN2O2/c1-11-8-12(2)20-17(22)15(11)10-19-16(21)7-6-13-4-3-5-14(18)9-13/h3-5,8-9H,6-7,10H2,1-2H3,(H,19,21)(H,20,22). The van der Waals surface area contributed by atoms with Crippen molar-refractivity contribution in [3.05, 3.63) is 68.9 Å². The molecule has 2 aromatic rings. The van der Waals surface area contributed by atoms with E-state index in [9.17, 15) is 14.0 Å². The molecule has 0 saturated carbocycles. The highest BCUT2D eigenvalue weighted by atomic mass is 19.1. The summed E-state index contributed by atoms with van der Waals surface area (Å²) in [6.07, 6.45) is 0.721. The summed E-state index contributed by atoms with van der Waals surface area (Å²) in [5.74, 6) is -0.469. The van der Waals surface area contributed by atoms with E-state index in [1.807, 2.05) is 19.9 Å². The number of hydrogen-bond acceptors (Lipinski definition) is 2. The highest BCUT2D eigenvalue weighted by molar-refractivity contribution is 5.76. The minimum absolute atomic E-state index is 0.163. The lowest BCUT2D eigenvalue weighted by Gasteiger charge is -2.08. The molecule has 116 valence electrons. The fourth-order valence-corrected chi connectivity index (χ4v) is 2.33. The summed E-state index contributed by atoms with van der Waals surface area (Å²) in [7, 11) is 0. The Morgan fingerprint density at radius 1 is 1.27 bits per heavy atom. The van der Waals surface area contributed by atoms with E-state index in [4.69, 9.17) is 0 Å². The van der Waals surface area contributed by atoms with Crippen molar-refractivity contribution in [2.24, 2.45) is 0 Å². The quantitative estimate of drug-likeness (QED) is 0.891. The predicted molar refractivity (Wildman–Crippen MR) is 83.1 cm³/mol. The van der Waals surface area contributed by atoms with Gasteiger partial charge in [0.2, 0.25) is 5.91 Å². The van der Waals surface area contributed by atoms with Gasteiger partial charge in [-0.3, -0.25) is 9.59 Å². The van der Waals surface area contributed by atoms with E-state index in [0.29, 0.717) is 12.0 Å². The largest absolute Gasteiger partial charge is 0.352 e. The van der Waals surface area contributed by atoms with Gasteiger partial charge in [-0.1, -0.05) is 12.1 Å². The zero-order chi connectivity index (χ0) is 16.1. The molecule has 0 unspecified atom stereocenters. The van der Waals surface area contributed by atoms with Crippen molar-refractivity contribution in [2.75, 3.05) is 0 Å². The topological polar surface area (TPSA) is 62.0 Å². The first-order valence-electron chi connectivity index (χ1n) is 7.16. The molecule has 4 nitrogen and oxygen atoms in total. The Labute approximate surface area is 128 Å². The number of carbonyl (C=O) groups excluding carboxylic acids is 1. The Bertz CT molecular complexity index is 738. The van der Waals surface area contributed by atoms with E-state index < -0.39 is 0 Å². The van der Waals surface area contributed by atoms with Gasteiger partial charge in [-0.15, -0.1) is 0 Å². The second kappa shape index (κ2) is 7.02. The third kappa shape index (κ3) is 4.28. The third-order valence-electron chi connectivity index (χ3n) is 3.49. The molecule has 1 amide bonds. The molecule has 0 aliphatic heterocycles. The average molecular weight is 302 g/mol. The molecule has 0 atom stereocenters. The number of aromatic amines is 1. The van der Waals surface area contributed by atoms with Crippen molar-refractivity contribution in [3.63, 3.8) is 0 Å². The molecule has 0 saturated heterocycles. The first kappa shape index (κ1) is 15.9. The van der Waals surface area contributed by atoms with Crippen molar-refractivity contribution < 1.29 is 9.18 Å². The number of amides is 1. The fraction of sp³-hybridized carbons (Fsp3) is 0.294. The number of carbonyl (C=O) groups is 1. The van der Waals surface area contributed by atoms with E-state index >= 15 is 0 Å². The zero-order valence-electron chi connectivity index (χ0n) is 12.7. The first-order chi connectivity index (χ1) is 10.5. The van der Waals surface area contributed by atoms with Gasteiger partial charge in [0.05, 0.1) is 0 Å². The Kier molecular flexibility index (Phi) is 5.09. The van der Waals surface area contributed by atoms with Crippen molar-refractivity contribution in [1.29, 1.82) is 0 Å². The summed E-state index contributed by atoms with van der Waals surface area (Å²) in [6.45, 7) is 3.86. The molecule has 0 bridgehead atoms. The van der Waals surface area contributed by atoms with Gasteiger partial charge >= 0.3 is 0 Å². The number of benzene rings is 1. The molecule has 1 aromatic carbocycles. The van der Waals surface area contributed by atoms with Crippen LogP contribution in [0.15, 0.2) is 35.1 Å². The third-order valence-corrected chi connectivity index (χ3v) is 3.49. The molecule has 2 N–H and O–H groups in total. The van der Waals surface area contributed by atoms with Crippen LogP contribution in [0.25, 0.3) is 0 Å². The number of pyridine rings is 1. The molecular formula is C17H19FN2O2. The number of halogens is 1. The maximum absolute atomic E-state index is 13.0. The second-order valence-electron chi connectivity index (χ2n) is 5.35. The van der Waals surface area contributed by atoms with Gasteiger partial charge in [0.15, 0.2) is 0 Å². The van der Waals surface area contributed by atoms with Gasteiger partial charge in [0.25, 0.3) is 5.56 Å². The zero-order valence-corrected chi connectivity index (χ0v) is 12.7. The molecule has 2 rings (SSSR count). The number of hydrogen-bond donors (Lipinski definition) is 2. The molecular weight excluding hydrogens is 283 g/mol. The number of aromatic nitrogens is 1. The Morgan fingerprint density at radius 3 is 2.73 bits per heavy atom. The van der Waals surface area contributed by atoms with Crippen LogP contribution in [0.1, 0.15) is 28.8 Å². The molecule has 1 heterocycles. The molecule has 0 radical (unpaired) electrons. The Hall–Kier alpha value is -2.43. The first-order valence-corrected chi connectivity index (χ1v) is 7.16. The van der Waals surface area contributed by atoms with Crippen LogP contribution in [0.4, 0.5) is 4.39 Å². The van der Waals surface area contributed by atoms with Crippen LogP contribution < -0.4 is 10.9 Å². The molecule has 5 heteroatoms. The summed E-state index contributed by atoms with van der Waals surface area (Å²) in [6, 6.07) is 8.07. The maximum atomic E-state index is 13.0. The molecule has 0 fully saturated rings. The highest BCUT2D eigenvalue weighted by Crippen LogP contribution is 2.07. The van der Waals surface area contributed by atoms with Crippen molar-refractivity contribution in [2.45, 2.75) is 33.2 Å². The van der Waals surface area contributed by atoms with Gasteiger partial charge < -0.3 is 10.3 Å². The smallest absolute Gasteiger partial charge is 0.253 e. The summed E-state index contributed by atoms with van der Waals surface area (Å²) >= 11 is 0. The lowest BCUT2D eigenvalue weighted by molar-refractivity contribution is -0.121.